The summed E-state index contributed by atoms with van der Waals surface area (Å²) in [6, 6.07) is 22.0. The first kappa shape index (κ1) is 19.9. The number of hydrogen-bond donors (Lipinski definition) is 1. The van der Waals surface area contributed by atoms with Crippen molar-refractivity contribution in [1.82, 2.24) is 0 Å². The molecule has 0 heterocycles. The maximum atomic E-state index is 12.5. The van der Waals surface area contributed by atoms with E-state index in [-0.39, 0.29) is 23.8 Å². The highest BCUT2D eigenvalue weighted by Gasteiger charge is 2.16. The molecular weight excluding hydrogens is 370 g/mol. The number of methoxy groups -OCH3 is 2. The highest BCUT2D eigenvalue weighted by molar-refractivity contribution is 5.97. The van der Waals surface area contributed by atoms with Crippen molar-refractivity contribution in [2.75, 3.05) is 26.1 Å². The van der Waals surface area contributed by atoms with Crippen LogP contribution in [0.2, 0.25) is 0 Å². The summed E-state index contributed by atoms with van der Waals surface area (Å²) < 4.78 is 15.5. The first-order chi connectivity index (χ1) is 14.1. The number of anilines is 1. The largest absolute Gasteiger partial charge is 0.497 e. The molecule has 0 fully saturated rings. The molecule has 0 atom stereocenters. The quantitative estimate of drug-likeness (QED) is 0.612. The van der Waals surface area contributed by atoms with Gasteiger partial charge in [0.25, 0.3) is 5.91 Å². The number of nitrogens with one attached hydrogen (secondary N) is 1. The standard InChI is InChI=1S/C23H21NO5/c1-27-17-12-13-19(23(26)28-2)21(14-17)29-15-22(25)24-20-11-7-6-10-18(20)16-8-4-3-5-9-16/h3-14H,15H2,1-2H3,(H,24,25). The van der Waals surface area contributed by atoms with E-state index in [1.165, 1.54) is 26.4 Å². The van der Waals surface area contributed by atoms with Gasteiger partial charge < -0.3 is 19.5 Å². The van der Waals surface area contributed by atoms with Crippen LogP contribution in [0.25, 0.3) is 11.1 Å². The molecule has 3 aromatic rings. The van der Waals surface area contributed by atoms with Gasteiger partial charge in [0, 0.05) is 17.3 Å². The second kappa shape index (κ2) is 9.41. The fourth-order valence-electron chi connectivity index (χ4n) is 2.82. The lowest BCUT2D eigenvalue weighted by Gasteiger charge is -2.14. The van der Waals surface area contributed by atoms with E-state index in [0.29, 0.717) is 11.4 Å². The summed E-state index contributed by atoms with van der Waals surface area (Å²) in [5.41, 5.74) is 2.78. The Kier molecular flexibility index (Phi) is 6.47. The van der Waals surface area contributed by atoms with Gasteiger partial charge in [0.2, 0.25) is 0 Å². The molecule has 0 saturated heterocycles. The minimum Gasteiger partial charge on any atom is -0.497 e. The van der Waals surface area contributed by atoms with E-state index < -0.39 is 5.97 Å². The predicted octanol–water partition coefficient (Wildman–Crippen LogP) is 4.17. The van der Waals surface area contributed by atoms with E-state index in [1.54, 1.807) is 6.07 Å². The summed E-state index contributed by atoms with van der Waals surface area (Å²) in [7, 11) is 2.79. The van der Waals surface area contributed by atoms with Crippen LogP contribution in [0.5, 0.6) is 11.5 Å². The van der Waals surface area contributed by atoms with Crippen LogP contribution < -0.4 is 14.8 Å². The minimum absolute atomic E-state index is 0.211. The van der Waals surface area contributed by atoms with Crippen molar-refractivity contribution in [3.63, 3.8) is 0 Å². The summed E-state index contributed by atoms with van der Waals surface area (Å²) in [5.74, 6) is -0.199. The first-order valence-electron chi connectivity index (χ1n) is 8.96. The van der Waals surface area contributed by atoms with E-state index in [4.69, 9.17) is 14.2 Å². The van der Waals surface area contributed by atoms with Gasteiger partial charge in [-0.3, -0.25) is 4.79 Å². The van der Waals surface area contributed by atoms with Crippen LogP contribution in [0.15, 0.2) is 72.8 Å². The van der Waals surface area contributed by atoms with E-state index in [2.05, 4.69) is 5.32 Å². The summed E-state index contributed by atoms with van der Waals surface area (Å²) in [5, 5.41) is 2.86. The van der Waals surface area contributed by atoms with E-state index in [9.17, 15) is 9.59 Å². The number of benzene rings is 3. The normalized spacial score (nSPS) is 10.1. The van der Waals surface area contributed by atoms with Crippen LogP contribution in [0.3, 0.4) is 0 Å². The SMILES string of the molecule is COC(=O)c1ccc(OC)cc1OCC(=O)Nc1ccccc1-c1ccccc1. The Bertz CT molecular complexity index is 1000. The van der Waals surface area contributed by atoms with Crippen molar-refractivity contribution >= 4 is 17.6 Å². The molecular formula is C23H21NO5. The van der Waals surface area contributed by atoms with Crippen LogP contribution >= 0.6 is 0 Å². The fourth-order valence-corrected chi connectivity index (χ4v) is 2.82. The number of ether oxygens (including phenoxy) is 3. The minimum atomic E-state index is -0.558. The Morgan fingerprint density at radius 3 is 2.34 bits per heavy atom. The van der Waals surface area contributed by atoms with E-state index in [0.717, 1.165) is 11.1 Å². The van der Waals surface area contributed by atoms with Gasteiger partial charge >= 0.3 is 5.97 Å². The molecule has 0 aliphatic heterocycles. The molecule has 0 unspecified atom stereocenters. The molecule has 0 bridgehead atoms. The van der Waals surface area contributed by atoms with Crippen molar-refractivity contribution in [3.05, 3.63) is 78.4 Å². The van der Waals surface area contributed by atoms with E-state index >= 15 is 0 Å². The summed E-state index contributed by atoms with van der Waals surface area (Å²) in [6.07, 6.45) is 0. The van der Waals surface area contributed by atoms with Crippen LogP contribution in [0.1, 0.15) is 10.4 Å². The van der Waals surface area contributed by atoms with Crippen LogP contribution in [0, 0.1) is 0 Å². The van der Waals surface area contributed by atoms with E-state index in [1.807, 2.05) is 54.6 Å². The van der Waals surface area contributed by atoms with Crippen LogP contribution in [0.4, 0.5) is 5.69 Å². The topological polar surface area (TPSA) is 73.9 Å². The van der Waals surface area contributed by atoms with Crippen molar-refractivity contribution in [2.45, 2.75) is 0 Å². The van der Waals surface area contributed by atoms with Gasteiger partial charge in [-0.1, -0.05) is 48.5 Å². The molecule has 0 radical (unpaired) electrons. The Labute approximate surface area is 169 Å². The predicted molar refractivity (Wildman–Crippen MR) is 110 cm³/mol. The smallest absolute Gasteiger partial charge is 0.341 e. The van der Waals surface area contributed by atoms with Crippen LogP contribution in [-0.4, -0.2) is 32.7 Å². The fraction of sp³-hybridized carbons (Fsp3) is 0.130. The molecule has 0 saturated carbocycles. The average Bonchev–Trinajstić information content (AvgIpc) is 2.78. The van der Waals surface area contributed by atoms with Crippen molar-refractivity contribution in [1.29, 1.82) is 0 Å². The highest BCUT2D eigenvalue weighted by Crippen LogP contribution is 2.28. The van der Waals surface area contributed by atoms with Crippen molar-refractivity contribution in [3.8, 4) is 22.6 Å². The summed E-state index contributed by atoms with van der Waals surface area (Å²) >= 11 is 0. The van der Waals surface area contributed by atoms with Gasteiger partial charge in [-0.25, -0.2) is 4.79 Å². The third-order valence-electron chi connectivity index (χ3n) is 4.24. The van der Waals surface area contributed by atoms with Gasteiger partial charge in [0.15, 0.2) is 6.61 Å². The molecule has 148 valence electrons. The zero-order valence-electron chi connectivity index (χ0n) is 16.2. The lowest BCUT2D eigenvalue weighted by atomic mass is 10.0. The second-order valence-corrected chi connectivity index (χ2v) is 6.10. The van der Waals surface area contributed by atoms with Gasteiger partial charge in [-0.2, -0.15) is 0 Å². The molecule has 0 aromatic heterocycles. The van der Waals surface area contributed by atoms with Crippen molar-refractivity contribution < 1.29 is 23.8 Å². The summed E-state index contributed by atoms with van der Waals surface area (Å²) in [6.45, 7) is -0.277. The number of hydrogen-bond acceptors (Lipinski definition) is 5. The van der Waals surface area contributed by atoms with Gasteiger partial charge in [-0.15, -0.1) is 0 Å². The maximum Gasteiger partial charge on any atom is 0.341 e. The Hall–Kier alpha value is -3.80. The highest BCUT2D eigenvalue weighted by atomic mass is 16.5. The number of rotatable bonds is 7. The summed E-state index contributed by atoms with van der Waals surface area (Å²) in [4.78, 5) is 24.4. The third-order valence-corrected chi connectivity index (χ3v) is 4.24. The van der Waals surface area contributed by atoms with Gasteiger partial charge in [0.1, 0.15) is 17.1 Å². The van der Waals surface area contributed by atoms with Gasteiger partial charge in [-0.05, 0) is 23.8 Å². The Morgan fingerprint density at radius 1 is 0.897 bits per heavy atom. The molecule has 6 nitrogen and oxygen atoms in total. The molecule has 3 aromatic carbocycles. The van der Waals surface area contributed by atoms with Crippen molar-refractivity contribution in [2.24, 2.45) is 0 Å². The molecule has 0 aliphatic rings. The molecule has 1 amide bonds. The zero-order valence-corrected chi connectivity index (χ0v) is 16.2. The van der Waals surface area contributed by atoms with Gasteiger partial charge in [0.05, 0.1) is 14.2 Å². The number of amides is 1. The second-order valence-electron chi connectivity index (χ2n) is 6.10. The van der Waals surface area contributed by atoms with Crippen LogP contribution in [-0.2, 0) is 9.53 Å². The lowest BCUT2D eigenvalue weighted by Crippen LogP contribution is -2.21. The number of para-hydroxylation sites is 1. The molecule has 0 aliphatic carbocycles. The number of carbonyl (C=O) groups is 2. The maximum absolute atomic E-state index is 12.5. The molecule has 0 spiro atoms. The average molecular weight is 391 g/mol. The molecule has 1 N–H and O–H groups in total. The number of carbonyl (C=O) groups excluding carboxylic acids is 2. The monoisotopic (exact) mass is 391 g/mol. The third kappa shape index (κ3) is 4.93. The lowest BCUT2D eigenvalue weighted by molar-refractivity contribution is -0.118. The Balaban J connectivity index is 1.74. The number of esters is 1. The molecule has 3 rings (SSSR count). The zero-order chi connectivity index (χ0) is 20.6. The Morgan fingerprint density at radius 2 is 1.62 bits per heavy atom. The first-order valence-corrected chi connectivity index (χ1v) is 8.96. The molecule has 29 heavy (non-hydrogen) atoms. The molecule has 6 heteroatoms.